The summed E-state index contributed by atoms with van der Waals surface area (Å²) < 4.78 is 43.9. The zero-order valence-electron chi connectivity index (χ0n) is 15.2. The van der Waals surface area contributed by atoms with E-state index in [1.165, 1.54) is 11.8 Å². The van der Waals surface area contributed by atoms with Crippen LogP contribution in [-0.2, 0) is 15.7 Å². The fraction of sp³-hybridized carbons (Fsp3) is 0.389. The highest BCUT2D eigenvalue weighted by atomic mass is 19.4. The highest BCUT2D eigenvalue weighted by Gasteiger charge is 2.34. The summed E-state index contributed by atoms with van der Waals surface area (Å²) >= 11 is 0. The number of benzene rings is 1. The van der Waals surface area contributed by atoms with Crippen LogP contribution < -0.4 is 10.2 Å². The minimum atomic E-state index is -4.56. The molecule has 150 valence electrons. The highest BCUT2D eigenvalue weighted by Crippen LogP contribution is 2.28. The molecule has 1 aromatic carbocycles. The summed E-state index contributed by atoms with van der Waals surface area (Å²) in [6, 6.07) is 6.54. The Hall–Kier alpha value is -3.04. The van der Waals surface area contributed by atoms with Gasteiger partial charge in [-0.2, -0.15) is 18.3 Å². The molecule has 1 aliphatic rings. The fourth-order valence-electron chi connectivity index (χ4n) is 2.83. The van der Waals surface area contributed by atoms with Crippen molar-refractivity contribution < 1.29 is 27.5 Å². The first-order valence-corrected chi connectivity index (χ1v) is 8.64. The molecule has 28 heavy (non-hydrogen) atoms. The molecule has 2 unspecified atom stereocenters. The molecule has 7 nitrogen and oxygen atoms in total. The second-order valence-electron chi connectivity index (χ2n) is 6.45. The number of carbonyl (C=O) groups excluding carboxylic acids is 2. The number of amides is 2. The van der Waals surface area contributed by atoms with Crippen LogP contribution >= 0.6 is 0 Å². The fourth-order valence-corrected chi connectivity index (χ4v) is 2.83. The molecular weight excluding hydrogens is 377 g/mol. The maximum atomic E-state index is 12.7. The predicted molar refractivity (Wildman–Crippen MR) is 93.6 cm³/mol. The maximum absolute atomic E-state index is 12.7. The van der Waals surface area contributed by atoms with Crippen molar-refractivity contribution in [2.45, 2.75) is 32.1 Å². The highest BCUT2D eigenvalue weighted by molar-refractivity contribution is 5.89. The molecule has 2 atom stereocenters. The molecule has 2 aromatic rings. The van der Waals surface area contributed by atoms with Gasteiger partial charge in [0, 0.05) is 11.9 Å². The largest absolute Gasteiger partial charge is 0.447 e. The Morgan fingerprint density at radius 2 is 2.04 bits per heavy atom. The van der Waals surface area contributed by atoms with Crippen LogP contribution in [0.2, 0.25) is 0 Å². The van der Waals surface area contributed by atoms with E-state index in [1.54, 1.807) is 31.2 Å². The number of hydrogen-bond donors (Lipinski definition) is 1. The second kappa shape index (κ2) is 7.53. The van der Waals surface area contributed by atoms with E-state index in [0.29, 0.717) is 18.8 Å². The first-order valence-electron chi connectivity index (χ1n) is 8.64. The third-order valence-electron chi connectivity index (χ3n) is 4.48. The van der Waals surface area contributed by atoms with Gasteiger partial charge in [-0.3, -0.25) is 14.4 Å². The molecule has 2 heterocycles. The van der Waals surface area contributed by atoms with Crippen molar-refractivity contribution in [1.82, 2.24) is 15.1 Å². The molecule has 0 bridgehead atoms. The first kappa shape index (κ1) is 19.7. The number of ether oxygens (including phenoxy) is 1. The summed E-state index contributed by atoms with van der Waals surface area (Å²) in [4.78, 5) is 25.6. The number of aromatic nitrogens is 2. The van der Waals surface area contributed by atoms with E-state index >= 15 is 0 Å². The molecule has 3 rings (SSSR count). The average molecular weight is 396 g/mol. The van der Waals surface area contributed by atoms with Gasteiger partial charge in [-0.1, -0.05) is 12.1 Å². The van der Waals surface area contributed by atoms with E-state index in [0.717, 1.165) is 22.5 Å². The Morgan fingerprint density at radius 3 is 2.64 bits per heavy atom. The number of nitrogens with one attached hydrogen (secondary N) is 1. The zero-order chi connectivity index (χ0) is 20.5. The van der Waals surface area contributed by atoms with Crippen molar-refractivity contribution in [3.8, 4) is 0 Å². The molecule has 0 spiro atoms. The average Bonchev–Trinajstić information content (AvgIpc) is 3.30. The quantitative estimate of drug-likeness (QED) is 0.842. The maximum Gasteiger partial charge on any atom is 0.435 e. The summed E-state index contributed by atoms with van der Waals surface area (Å²) in [6.45, 7) is 3.97. The summed E-state index contributed by atoms with van der Waals surface area (Å²) in [5.41, 5.74) is 0.343. The van der Waals surface area contributed by atoms with E-state index in [1.807, 2.05) is 0 Å². The Morgan fingerprint density at radius 1 is 1.29 bits per heavy atom. The van der Waals surface area contributed by atoms with Crippen molar-refractivity contribution in [2.75, 3.05) is 18.1 Å². The Balaban J connectivity index is 1.68. The molecule has 0 radical (unpaired) electrons. The number of carbonyl (C=O) groups is 2. The lowest BCUT2D eigenvalue weighted by atomic mass is 10.1. The van der Waals surface area contributed by atoms with Crippen LogP contribution in [0.4, 0.5) is 23.7 Å². The van der Waals surface area contributed by atoms with Gasteiger partial charge in [0.2, 0.25) is 5.91 Å². The monoisotopic (exact) mass is 396 g/mol. The number of nitrogens with zero attached hydrogens (tertiary/aromatic N) is 3. The molecule has 0 aliphatic carbocycles. The van der Waals surface area contributed by atoms with Gasteiger partial charge in [0.25, 0.3) is 0 Å². The molecule has 1 N–H and O–H groups in total. The number of halogens is 3. The van der Waals surface area contributed by atoms with Crippen LogP contribution in [0.1, 0.15) is 37.2 Å². The van der Waals surface area contributed by atoms with Crippen molar-refractivity contribution >= 4 is 17.7 Å². The summed E-state index contributed by atoms with van der Waals surface area (Å²) in [7, 11) is 0. The van der Waals surface area contributed by atoms with E-state index in [9.17, 15) is 22.8 Å². The number of cyclic esters (lactones) is 1. The van der Waals surface area contributed by atoms with Gasteiger partial charge < -0.3 is 10.1 Å². The summed E-state index contributed by atoms with van der Waals surface area (Å²) in [5.74, 6) is -0.477. The van der Waals surface area contributed by atoms with E-state index < -0.39 is 36.0 Å². The molecule has 10 heteroatoms. The third kappa shape index (κ3) is 4.10. The zero-order valence-corrected chi connectivity index (χ0v) is 15.2. The van der Waals surface area contributed by atoms with E-state index in [2.05, 4.69) is 10.4 Å². The third-order valence-corrected chi connectivity index (χ3v) is 4.48. The lowest BCUT2D eigenvalue weighted by molar-refractivity contribution is -0.142. The van der Waals surface area contributed by atoms with Crippen LogP contribution in [0, 0.1) is 0 Å². The molecule has 1 aromatic heterocycles. The standard InChI is InChI=1S/C18H19F3N4O3/c1-11(13-4-3-5-14(10-13)24-8-9-28-17(24)27)22-16(26)12(2)25-7-6-15(23-25)18(19,20)21/h3-7,10-12H,8-9H2,1-2H3,(H,22,26). The Bertz CT molecular complexity index is 881. The molecule has 2 amide bonds. The van der Waals surface area contributed by atoms with Crippen LogP contribution in [-0.4, -0.2) is 34.9 Å². The lowest BCUT2D eigenvalue weighted by Gasteiger charge is -2.20. The van der Waals surface area contributed by atoms with Crippen molar-refractivity contribution in [3.05, 3.63) is 47.8 Å². The van der Waals surface area contributed by atoms with Gasteiger partial charge >= 0.3 is 12.3 Å². The van der Waals surface area contributed by atoms with Gasteiger partial charge in [0.05, 0.1) is 12.6 Å². The van der Waals surface area contributed by atoms with Crippen LogP contribution in [0.15, 0.2) is 36.5 Å². The van der Waals surface area contributed by atoms with Gasteiger partial charge in [-0.25, -0.2) is 4.79 Å². The van der Waals surface area contributed by atoms with E-state index in [-0.39, 0.29) is 0 Å². The summed E-state index contributed by atoms with van der Waals surface area (Å²) in [6.07, 6.45) is -3.87. The van der Waals surface area contributed by atoms with Crippen LogP contribution in [0.5, 0.6) is 0 Å². The van der Waals surface area contributed by atoms with Crippen LogP contribution in [0.3, 0.4) is 0 Å². The van der Waals surface area contributed by atoms with Gasteiger partial charge in [0.15, 0.2) is 5.69 Å². The normalized spacial score (nSPS) is 16.6. The van der Waals surface area contributed by atoms with Crippen LogP contribution in [0.25, 0.3) is 0 Å². The van der Waals surface area contributed by atoms with E-state index in [4.69, 9.17) is 4.74 Å². The molecule has 1 saturated heterocycles. The number of anilines is 1. The predicted octanol–water partition coefficient (Wildman–Crippen LogP) is 3.30. The van der Waals surface area contributed by atoms with Gasteiger partial charge in [-0.15, -0.1) is 0 Å². The Labute approximate surface area is 159 Å². The number of rotatable bonds is 5. The number of alkyl halides is 3. The molecule has 1 fully saturated rings. The molecular formula is C18H19F3N4O3. The van der Waals surface area contributed by atoms with Crippen molar-refractivity contribution in [3.63, 3.8) is 0 Å². The topological polar surface area (TPSA) is 76.5 Å². The van der Waals surface area contributed by atoms with Gasteiger partial charge in [0.1, 0.15) is 12.6 Å². The lowest BCUT2D eigenvalue weighted by Crippen LogP contribution is -2.33. The Kier molecular flexibility index (Phi) is 5.30. The minimum absolute atomic E-state index is 0.316. The molecule has 0 saturated carbocycles. The van der Waals surface area contributed by atoms with Crippen molar-refractivity contribution in [2.24, 2.45) is 0 Å². The first-order chi connectivity index (χ1) is 13.2. The molecule has 1 aliphatic heterocycles. The second-order valence-corrected chi connectivity index (χ2v) is 6.45. The minimum Gasteiger partial charge on any atom is -0.447 e. The van der Waals surface area contributed by atoms with Crippen molar-refractivity contribution in [1.29, 1.82) is 0 Å². The number of hydrogen-bond acceptors (Lipinski definition) is 4. The smallest absolute Gasteiger partial charge is 0.435 e. The van der Waals surface area contributed by atoms with Gasteiger partial charge in [-0.05, 0) is 37.6 Å². The SMILES string of the molecule is CC(NC(=O)C(C)n1ccc(C(F)(F)F)n1)c1cccc(N2CCOC2=O)c1. The summed E-state index contributed by atoms with van der Waals surface area (Å²) in [5, 5.41) is 6.19.